The molecule has 1 saturated heterocycles. The van der Waals surface area contributed by atoms with E-state index in [0.29, 0.717) is 18.1 Å². The van der Waals surface area contributed by atoms with Crippen LogP contribution in [-0.2, 0) is 12.6 Å². The predicted octanol–water partition coefficient (Wildman–Crippen LogP) is 7.12. The number of methoxy groups -OCH3 is 1. The van der Waals surface area contributed by atoms with Crippen molar-refractivity contribution in [1.29, 1.82) is 0 Å². The minimum absolute atomic E-state index is 0.00996. The highest BCUT2D eigenvalue weighted by Gasteiger charge is 2.34. The summed E-state index contributed by atoms with van der Waals surface area (Å²) in [6.07, 6.45) is 2.53. The molecule has 1 fully saturated rings. The lowest BCUT2D eigenvalue weighted by molar-refractivity contribution is -0.137. The molecule has 186 valence electrons. The highest BCUT2D eigenvalue weighted by Crippen LogP contribution is 2.38. The van der Waals surface area contributed by atoms with E-state index in [1.807, 2.05) is 30.3 Å². The van der Waals surface area contributed by atoms with E-state index >= 15 is 0 Å². The smallest absolute Gasteiger partial charge is 0.416 e. The Balaban J connectivity index is 1.79. The lowest BCUT2D eigenvalue weighted by Gasteiger charge is -2.39. The molecule has 0 saturated carbocycles. The molecule has 2 atom stereocenters. The fourth-order valence-electron chi connectivity index (χ4n) is 4.77. The largest absolute Gasteiger partial charge is 0.493 e. The Labute approximate surface area is 201 Å². The number of allylic oxidation sites excluding steroid dienone is 1. The Kier molecular flexibility index (Phi) is 9.45. The molecule has 2 aromatic carbocycles. The summed E-state index contributed by atoms with van der Waals surface area (Å²) in [6, 6.07) is 11.6. The van der Waals surface area contributed by atoms with Gasteiger partial charge in [-0.3, -0.25) is 0 Å². The Morgan fingerprint density at radius 1 is 1.12 bits per heavy atom. The first-order chi connectivity index (χ1) is 16.4. The molecule has 0 bridgehead atoms. The van der Waals surface area contributed by atoms with E-state index < -0.39 is 11.7 Å². The lowest BCUT2D eigenvalue weighted by Crippen LogP contribution is -2.42. The number of ether oxygens (including phenoxy) is 2. The highest BCUT2D eigenvalue weighted by atomic mass is 19.4. The van der Waals surface area contributed by atoms with Crippen molar-refractivity contribution in [3.05, 3.63) is 71.8 Å². The number of halogens is 3. The van der Waals surface area contributed by atoms with Crippen molar-refractivity contribution in [3.8, 4) is 11.5 Å². The van der Waals surface area contributed by atoms with E-state index in [0.717, 1.165) is 62.5 Å². The van der Waals surface area contributed by atoms with Crippen LogP contribution in [0.4, 0.5) is 13.2 Å². The molecule has 1 aliphatic rings. The molecule has 2 unspecified atom stereocenters. The molecule has 0 radical (unpaired) electrons. The number of rotatable bonds is 11. The normalized spacial score (nSPS) is 19.1. The van der Waals surface area contributed by atoms with E-state index in [-0.39, 0.29) is 11.8 Å². The van der Waals surface area contributed by atoms with Crippen molar-refractivity contribution in [1.82, 2.24) is 4.90 Å². The van der Waals surface area contributed by atoms with Crippen LogP contribution in [0.2, 0.25) is 0 Å². The summed E-state index contributed by atoms with van der Waals surface area (Å²) in [6.45, 7) is 9.09. The third-order valence-electron chi connectivity index (χ3n) is 6.60. The molecule has 0 amide bonds. The number of hydrogen-bond acceptors (Lipinski definition) is 3. The summed E-state index contributed by atoms with van der Waals surface area (Å²) in [5.41, 5.74) is 1.24. The molecule has 2 aromatic rings. The molecule has 34 heavy (non-hydrogen) atoms. The van der Waals surface area contributed by atoms with Crippen LogP contribution < -0.4 is 9.47 Å². The fourth-order valence-corrected chi connectivity index (χ4v) is 4.77. The average Bonchev–Trinajstić information content (AvgIpc) is 2.83. The second-order valence-corrected chi connectivity index (χ2v) is 9.08. The van der Waals surface area contributed by atoms with Crippen molar-refractivity contribution < 1.29 is 22.6 Å². The molecule has 0 aliphatic carbocycles. The van der Waals surface area contributed by atoms with Gasteiger partial charge in [0.05, 0.1) is 19.3 Å². The highest BCUT2D eigenvalue weighted by molar-refractivity contribution is 5.43. The fraction of sp³-hybridized carbons (Fsp3) is 0.500. The Bertz CT molecular complexity index is 928. The maximum Gasteiger partial charge on any atom is 0.416 e. The van der Waals surface area contributed by atoms with Gasteiger partial charge in [0.2, 0.25) is 0 Å². The minimum Gasteiger partial charge on any atom is -0.493 e. The van der Waals surface area contributed by atoms with Crippen LogP contribution in [-0.4, -0.2) is 38.3 Å². The summed E-state index contributed by atoms with van der Waals surface area (Å²) in [7, 11) is 1.61. The average molecular weight is 476 g/mol. The Hall–Kier alpha value is -2.47. The van der Waals surface area contributed by atoms with E-state index in [2.05, 4.69) is 18.4 Å². The molecule has 3 nitrogen and oxygen atoms in total. The Morgan fingerprint density at radius 3 is 2.65 bits per heavy atom. The molecular weight excluding hydrogens is 439 g/mol. The zero-order valence-corrected chi connectivity index (χ0v) is 20.2. The summed E-state index contributed by atoms with van der Waals surface area (Å²) < 4.78 is 51.8. The standard InChI is InChI=1S/C28H36F3NO2/c1-4-6-7-15-32-16-14-25(22-10-8-11-24(18-22)28(29,30)31)23(19-32)20-34-26-13-12-21(9-5-2)17-27(26)33-3/h5,8,10-13,17-18,23,25H,2,4,6-7,9,14-16,19-20H2,1,3H3. The second-order valence-electron chi connectivity index (χ2n) is 9.08. The molecule has 0 aromatic heterocycles. The van der Waals surface area contributed by atoms with Crippen LogP contribution in [0.1, 0.15) is 55.2 Å². The van der Waals surface area contributed by atoms with E-state index in [4.69, 9.17) is 9.47 Å². The van der Waals surface area contributed by atoms with Gasteiger partial charge in [0.15, 0.2) is 11.5 Å². The molecular formula is C28H36F3NO2. The summed E-state index contributed by atoms with van der Waals surface area (Å²) in [5.74, 6) is 1.40. The van der Waals surface area contributed by atoms with Gasteiger partial charge in [-0.05, 0) is 67.6 Å². The monoisotopic (exact) mass is 475 g/mol. The van der Waals surface area contributed by atoms with Crippen LogP contribution in [0.3, 0.4) is 0 Å². The van der Waals surface area contributed by atoms with Gasteiger partial charge in [-0.2, -0.15) is 13.2 Å². The van der Waals surface area contributed by atoms with Gasteiger partial charge in [0.1, 0.15) is 0 Å². The minimum atomic E-state index is -4.34. The number of unbranched alkanes of at least 4 members (excludes halogenated alkanes) is 2. The number of likely N-dealkylation sites (tertiary alicyclic amines) is 1. The van der Waals surface area contributed by atoms with Crippen molar-refractivity contribution in [2.75, 3.05) is 33.4 Å². The molecule has 6 heteroatoms. The van der Waals surface area contributed by atoms with E-state index in [1.54, 1.807) is 7.11 Å². The van der Waals surface area contributed by atoms with Gasteiger partial charge >= 0.3 is 6.18 Å². The van der Waals surface area contributed by atoms with Crippen molar-refractivity contribution >= 4 is 0 Å². The van der Waals surface area contributed by atoms with Crippen LogP contribution in [0, 0.1) is 5.92 Å². The summed E-state index contributed by atoms with van der Waals surface area (Å²) >= 11 is 0. The first kappa shape index (κ1) is 26.1. The third-order valence-corrected chi connectivity index (χ3v) is 6.60. The van der Waals surface area contributed by atoms with Crippen LogP contribution >= 0.6 is 0 Å². The predicted molar refractivity (Wildman–Crippen MR) is 131 cm³/mol. The first-order valence-electron chi connectivity index (χ1n) is 12.2. The number of benzene rings is 2. The molecule has 3 rings (SSSR count). The zero-order chi connectivity index (χ0) is 24.6. The summed E-state index contributed by atoms with van der Waals surface area (Å²) in [4.78, 5) is 2.43. The topological polar surface area (TPSA) is 21.7 Å². The SMILES string of the molecule is C=CCc1ccc(OCC2CN(CCCCC)CCC2c2cccc(C(F)(F)F)c2)c(OC)c1. The maximum absolute atomic E-state index is 13.4. The van der Waals surface area contributed by atoms with Gasteiger partial charge in [-0.1, -0.05) is 50.1 Å². The van der Waals surface area contributed by atoms with Gasteiger partial charge in [-0.25, -0.2) is 0 Å². The van der Waals surface area contributed by atoms with Gasteiger partial charge in [0.25, 0.3) is 0 Å². The van der Waals surface area contributed by atoms with E-state index in [9.17, 15) is 13.2 Å². The Morgan fingerprint density at radius 2 is 1.94 bits per heavy atom. The van der Waals surface area contributed by atoms with Crippen LogP contribution in [0.5, 0.6) is 11.5 Å². The number of piperidine rings is 1. The van der Waals surface area contributed by atoms with Gasteiger partial charge in [0, 0.05) is 12.5 Å². The molecule has 1 aliphatic heterocycles. The quantitative estimate of drug-likeness (QED) is 0.255. The van der Waals surface area contributed by atoms with Crippen LogP contribution in [0.15, 0.2) is 55.1 Å². The number of alkyl halides is 3. The van der Waals surface area contributed by atoms with Crippen molar-refractivity contribution in [3.63, 3.8) is 0 Å². The third kappa shape index (κ3) is 7.02. The maximum atomic E-state index is 13.4. The second kappa shape index (κ2) is 12.3. The van der Waals surface area contributed by atoms with Crippen molar-refractivity contribution in [2.45, 2.75) is 51.1 Å². The number of hydrogen-bond donors (Lipinski definition) is 0. The zero-order valence-electron chi connectivity index (χ0n) is 20.2. The lowest BCUT2D eigenvalue weighted by atomic mass is 9.80. The molecule has 1 heterocycles. The van der Waals surface area contributed by atoms with E-state index in [1.165, 1.54) is 18.6 Å². The number of nitrogens with zero attached hydrogens (tertiary/aromatic N) is 1. The molecule has 0 spiro atoms. The van der Waals surface area contributed by atoms with Crippen LogP contribution in [0.25, 0.3) is 0 Å². The molecule has 0 N–H and O–H groups in total. The van der Waals surface area contributed by atoms with Crippen molar-refractivity contribution in [2.24, 2.45) is 5.92 Å². The first-order valence-corrected chi connectivity index (χ1v) is 12.2. The van der Waals surface area contributed by atoms with Gasteiger partial charge in [-0.15, -0.1) is 6.58 Å². The van der Waals surface area contributed by atoms with Gasteiger partial charge < -0.3 is 14.4 Å². The summed E-state index contributed by atoms with van der Waals surface area (Å²) in [5, 5.41) is 0.